The van der Waals surface area contributed by atoms with Gasteiger partial charge < -0.3 is 30.3 Å². The molecule has 1 unspecified atom stereocenters. The third-order valence-electron chi connectivity index (χ3n) is 4.83. The van der Waals surface area contributed by atoms with Gasteiger partial charge in [-0.15, -0.1) is 0 Å². The van der Waals surface area contributed by atoms with Gasteiger partial charge in [0.25, 0.3) is 0 Å². The zero-order chi connectivity index (χ0) is 27.7. The van der Waals surface area contributed by atoms with Crippen molar-refractivity contribution in [2.45, 2.75) is 33.6 Å². The number of nitrogens with one attached hydrogen (secondary N) is 1. The Morgan fingerprint density at radius 2 is 1.58 bits per heavy atom. The molecule has 0 aliphatic heterocycles. The second-order valence-corrected chi connectivity index (χ2v) is 6.92. The standard InChI is InChI=1S/C22H25N3O4.C2H5N.C2H6.CH5N/c1-14-6-7-16(12-19(14)28-4)15(2)22(26)24-21-10-11-23-25(21)17-8-9-18(27-3)20(13-17)29-5;1-3-2;2*1-2/h6-13,15H,1-5H3,(H,24,26);1H2,2H3;1-2H3;2H2,1H3. The molecule has 1 aromatic heterocycles. The summed E-state index contributed by atoms with van der Waals surface area (Å²) in [5.74, 6) is 2.02. The summed E-state index contributed by atoms with van der Waals surface area (Å²) in [5.41, 5.74) is 7.14. The van der Waals surface area contributed by atoms with Gasteiger partial charge in [0, 0.05) is 19.2 Å². The first-order valence-corrected chi connectivity index (χ1v) is 11.5. The largest absolute Gasteiger partial charge is 0.496 e. The highest BCUT2D eigenvalue weighted by molar-refractivity contribution is 5.95. The monoisotopic (exact) mass is 499 g/mol. The molecule has 0 spiro atoms. The summed E-state index contributed by atoms with van der Waals surface area (Å²) in [7, 11) is 7.92. The Morgan fingerprint density at radius 3 is 2.14 bits per heavy atom. The van der Waals surface area contributed by atoms with Gasteiger partial charge in [-0.1, -0.05) is 26.0 Å². The molecule has 198 valence electrons. The van der Waals surface area contributed by atoms with Crippen molar-refractivity contribution in [1.82, 2.24) is 9.78 Å². The zero-order valence-electron chi connectivity index (χ0n) is 23.0. The van der Waals surface area contributed by atoms with Gasteiger partial charge in [0.1, 0.15) is 11.6 Å². The lowest BCUT2D eigenvalue weighted by atomic mass is 9.98. The van der Waals surface area contributed by atoms with Gasteiger partial charge >= 0.3 is 0 Å². The number of carbonyl (C=O) groups excluding carboxylic acids is 1. The number of amides is 1. The summed E-state index contributed by atoms with van der Waals surface area (Å²) >= 11 is 0. The smallest absolute Gasteiger partial charge is 0.232 e. The highest BCUT2D eigenvalue weighted by atomic mass is 16.5. The quantitative estimate of drug-likeness (QED) is 0.449. The molecule has 0 saturated carbocycles. The van der Waals surface area contributed by atoms with Crippen LogP contribution in [0.2, 0.25) is 0 Å². The molecule has 36 heavy (non-hydrogen) atoms. The van der Waals surface area contributed by atoms with Crippen LogP contribution in [0.25, 0.3) is 5.69 Å². The first kappa shape index (κ1) is 32.1. The maximum atomic E-state index is 12.9. The highest BCUT2D eigenvalue weighted by Gasteiger charge is 2.19. The minimum absolute atomic E-state index is 0.141. The molecule has 1 heterocycles. The number of aliphatic imine (C=N–C) groups is 1. The van der Waals surface area contributed by atoms with E-state index in [4.69, 9.17) is 14.2 Å². The van der Waals surface area contributed by atoms with Crippen LogP contribution in [0.4, 0.5) is 5.82 Å². The lowest BCUT2D eigenvalue weighted by Crippen LogP contribution is -2.21. The van der Waals surface area contributed by atoms with Crippen LogP contribution in [0, 0.1) is 6.92 Å². The second-order valence-electron chi connectivity index (χ2n) is 6.92. The van der Waals surface area contributed by atoms with E-state index in [0.717, 1.165) is 22.6 Å². The third-order valence-corrected chi connectivity index (χ3v) is 4.83. The molecule has 3 N–H and O–H groups in total. The number of carbonyl (C=O) groups is 1. The van der Waals surface area contributed by atoms with Crippen molar-refractivity contribution < 1.29 is 19.0 Å². The molecule has 9 heteroatoms. The van der Waals surface area contributed by atoms with Crippen molar-refractivity contribution in [2.24, 2.45) is 10.7 Å². The van der Waals surface area contributed by atoms with Crippen LogP contribution in [0.5, 0.6) is 17.2 Å². The normalized spacial score (nSPS) is 10.1. The molecule has 3 aromatic rings. The van der Waals surface area contributed by atoms with Crippen molar-refractivity contribution in [3.63, 3.8) is 0 Å². The van der Waals surface area contributed by atoms with Gasteiger partial charge in [-0.05, 0) is 56.9 Å². The molecule has 0 radical (unpaired) electrons. The number of hydrogen-bond donors (Lipinski definition) is 2. The number of methoxy groups -OCH3 is 3. The Morgan fingerprint density at radius 1 is 1.00 bits per heavy atom. The number of aromatic nitrogens is 2. The van der Waals surface area contributed by atoms with Crippen LogP contribution in [0.3, 0.4) is 0 Å². The van der Waals surface area contributed by atoms with E-state index in [2.05, 4.69) is 27.9 Å². The van der Waals surface area contributed by atoms with E-state index in [1.54, 1.807) is 57.5 Å². The topological polar surface area (TPSA) is 113 Å². The fraction of sp³-hybridized carbons (Fsp3) is 0.370. The maximum absolute atomic E-state index is 12.9. The van der Waals surface area contributed by atoms with E-state index < -0.39 is 0 Å². The summed E-state index contributed by atoms with van der Waals surface area (Å²) in [6.45, 7) is 10.9. The summed E-state index contributed by atoms with van der Waals surface area (Å²) in [6.07, 6.45) is 1.63. The molecular weight excluding hydrogens is 458 g/mol. The predicted octanol–water partition coefficient (Wildman–Crippen LogP) is 4.87. The zero-order valence-corrected chi connectivity index (χ0v) is 23.0. The Hall–Kier alpha value is -3.85. The van der Waals surface area contributed by atoms with Gasteiger partial charge in [-0.3, -0.25) is 4.79 Å². The Bertz CT molecular complexity index is 1070. The number of benzene rings is 2. The van der Waals surface area contributed by atoms with Gasteiger partial charge in [0.2, 0.25) is 5.91 Å². The van der Waals surface area contributed by atoms with Crippen LogP contribution in [0.15, 0.2) is 53.7 Å². The molecular formula is C27H41N5O4. The first-order chi connectivity index (χ1) is 17.4. The van der Waals surface area contributed by atoms with E-state index >= 15 is 0 Å². The summed E-state index contributed by atoms with van der Waals surface area (Å²) in [5, 5.41) is 7.28. The molecule has 0 fully saturated rings. The minimum atomic E-state index is -0.363. The van der Waals surface area contributed by atoms with E-state index in [-0.39, 0.29) is 11.8 Å². The van der Waals surface area contributed by atoms with E-state index in [0.29, 0.717) is 17.3 Å². The van der Waals surface area contributed by atoms with Crippen molar-refractivity contribution in [1.29, 1.82) is 0 Å². The van der Waals surface area contributed by atoms with Crippen LogP contribution in [-0.2, 0) is 4.79 Å². The number of nitrogens with two attached hydrogens (primary N) is 1. The fourth-order valence-electron chi connectivity index (χ4n) is 3.05. The maximum Gasteiger partial charge on any atom is 0.232 e. The first-order valence-electron chi connectivity index (χ1n) is 11.5. The molecule has 3 rings (SSSR count). The van der Waals surface area contributed by atoms with Crippen molar-refractivity contribution >= 4 is 18.4 Å². The van der Waals surface area contributed by atoms with Crippen molar-refractivity contribution in [3.05, 3.63) is 59.8 Å². The molecule has 0 aliphatic rings. The molecule has 2 aromatic carbocycles. The van der Waals surface area contributed by atoms with Crippen LogP contribution < -0.4 is 25.3 Å². The molecule has 9 nitrogen and oxygen atoms in total. The number of rotatable bonds is 7. The predicted molar refractivity (Wildman–Crippen MR) is 148 cm³/mol. The Kier molecular flexibility index (Phi) is 15.7. The summed E-state index contributed by atoms with van der Waals surface area (Å²) < 4.78 is 17.6. The SMILES string of the molecule is C=NC.CC.CN.COc1cc(C(C)C(=O)Nc2ccnn2-c2ccc(OC)c(OC)c2)ccc1C. The average molecular weight is 500 g/mol. The molecule has 0 aliphatic carbocycles. The molecule has 0 saturated heterocycles. The summed E-state index contributed by atoms with van der Waals surface area (Å²) in [6, 6.07) is 13.0. The number of aryl methyl sites for hydroxylation is 1. The minimum Gasteiger partial charge on any atom is -0.496 e. The van der Waals surface area contributed by atoms with E-state index in [1.807, 2.05) is 52.0 Å². The lowest BCUT2D eigenvalue weighted by Gasteiger charge is -2.16. The van der Waals surface area contributed by atoms with E-state index in [1.165, 1.54) is 7.05 Å². The van der Waals surface area contributed by atoms with Crippen molar-refractivity contribution in [2.75, 3.05) is 40.7 Å². The number of nitrogens with zero attached hydrogens (tertiary/aromatic N) is 3. The molecule has 0 bridgehead atoms. The van der Waals surface area contributed by atoms with Crippen LogP contribution in [-0.4, -0.2) is 57.8 Å². The van der Waals surface area contributed by atoms with Gasteiger partial charge in [-0.2, -0.15) is 5.10 Å². The average Bonchev–Trinajstić information content (AvgIpc) is 3.38. The van der Waals surface area contributed by atoms with Gasteiger partial charge in [0.05, 0.1) is 39.1 Å². The van der Waals surface area contributed by atoms with Crippen LogP contribution in [0.1, 0.15) is 37.8 Å². The Labute approximate surface area is 215 Å². The fourth-order valence-corrected chi connectivity index (χ4v) is 3.05. The number of hydrogen-bond acceptors (Lipinski definition) is 7. The van der Waals surface area contributed by atoms with Crippen LogP contribution >= 0.6 is 0 Å². The van der Waals surface area contributed by atoms with E-state index in [9.17, 15) is 4.79 Å². The molecule has 1 amide bonds. The second kappa shape index (κ2) is 17.6. The molecule has 1 atom stereocenters. The number of ether oxygens (including phenoxy) is 3. The third kappa shape index (κ3) is 8.74. The lowest BCUT2D eigenvalue weighted by molar-refractivity contribution is -0.117. The van der Waals surface area contributed by atoms with Crippen molar-refractivity contribution in [3.8, 4) is 22.9 Å². The Balaban J connectivity index is 0.00000159. The summed E-state index contributed by atoms with van der Waals surface area (Å²) in [4.78, 5) is 16.1. The van der Waals surface area contributed by atoms with Gasteiger partial charge in [-0.25, -0.2) is 4.68 Å². The number of anilines is 1. The van der Waals surface area contributed by atoms with Gasteiger partial charge in [0.15, 0.2) is 11.5 Å². The highest BCUT2D eigenvalue weighted by Crippen LogP contribution is 2.30.